The van der Waals surface area contributed by atoms with Crippen LogP contribution in [0.2, 0.25) is 0 Å². The number of carbonyl (C=O) groups is 1. The van der Waals surface area contributed by atoms with Gasteiger partial charge in [0, 0.05) is 23.6 Å². The number of rotatable bonds is 6. The lowest BCUT2D eigenvalue weighted by Crippen LogP contribution is -2.50. The van der Waals surface area contributed by atoms with E-state index in [4.69, 9.17) is 9.47 Å². The van der Waals surface area contributed by atoms with Gasteiger partial charge in [0.15, 0.2) is 0 Å². The smallest absolute Gasteiger partial charge is 0.410 e. The summed E-state index contributed by atoms with van der Waals surface area (Å²) in [4.78, 5) is 14.9. The normalized spacial score (nSPS) is 21.5. The lowest BCUT2D eigenvalue weighted by molar-refractivity contribution is 0.0213. The van der Waals surface area contributed by atoms with Crippen molar-refractivity contribution in [3.63, 3.8) is 0 Å². The average Bonchev–Trinajstić information content (AvgIpc) is 3.47. The number of methoxy groups -OCH3 is 1. The zero-order valence-electron chi connectivity index (χ0n) is 20.5. The first-order valence-corrected chi connectivity index (χ1v) is 13.5. The molecule has 0 aromatic heterocycles. The molecule has 0 radical (unpaired) electrons. The fourth-order valence-corrected chi connectivity index (χ4v) is 5.88. The maximum absolute atomic E-state index is 13.2. The van der Waals surface area contributed by atoms with Gasteiger partial charge in [0.1, 0.15) is 11.4 Å². The monoisotopic (exact) mass is 486 g/mol. The fraction of sp³-hybridized carbons (Fsp3) is 0.500. The van der Waals surface area contributed by atoms with Gasteiger partial charge in [-0.05, 0) is 51.2 Å². The van der Waals surface area contributed by atoms with Crippen LogP contribution in [-0.4, -0.2) is 57.0 Å². The van der Waals surface area contributed by atoms with E-state index in [1.165, 1.54) is 6.26 Å². The third kappa shape index (κ3) is 5.23. The lowest BCUT2D eigenvalue weighted by Gasteiger charge is -2.31. The molecule has 2 unspecified atom stereocenters. The van der Waals surface area contributed by atoms with Gasteiger partial charge in [-0.3, -0.25) is 0 Å². The largest absolute Gasteiger partial charge is 0.496 e. The van der Waals surface area contributed by atoms with Crippen LogP contribution in [0, 0.1) is 5.41 Å². The third-order valence-corrected chi connectivity index (χ3v) is 7.29. The Morgan fingerprint density at radius 2 is 1.79 bits per heavy atom. The molecule has 1 amide bonds. The number of carbonyl (C=O) groups excluding carboxylic acids is 1. The molecule has 7 nitrogen and oxygen atoms in total. The predicted molar refractivity (Wildman–Crippen MR) is 132 cm³/mol. The topological polar surface area (TPSA) is 84.9 Å². The number of nitrogens with one attached hydrogen (secondary N) is 1. The molecule has 1 aliphatic heterocycles. The van der Waals surface area contributed by atoms with Crippen molar-refractivity contribution >= 4 is 16.1 Å². The van der Waals surface area contributed by atoms with E-state index < -0.39 is 27.8 Å². The summed E-state index contributed by atoms with van der Waals surface area (Å²) in [6.45, 7) is 5.98. The van der Waals surface area contributed by atoms with Crippen molar-refractivity contribution in [2.24, 2.45) is 5.41 Å². The number of amides is 1. The van der Waals surface area contributed by atoms with Crippen LogP contribution in [0.5, 0.6) is 5.75 Å². The zero-order chi connectivity index (χ0) is 24.7. The Balaban J connectivity index is 1.73. The molecule has 1 saturated heterocycles. The van der Waals surface area contributed by atoms with Crippen LogP contribution >= 0.6 is 0 Å². The summed E-state index contributed by atoms with van der Waals surface area (Å²) in [5.74, 6) is 0.729. The Morgan fingerprint density at radius 1 is 1.12 bits per heavy atom. The third-order valence-electron chi connectivity index (χ3n) is 6.61. The number of para-hydroxylation sites is 1. The molecule has 2 atom stereocenters. The molecule has 1 aliphatic carbocycles. The summed E-state index contributed by atoms with van der Waals surface area (Å²) < 4.78 is 39.0. The number of likely N-dealkylation sites (tertiary alicyclic amines) is 1. The molecule has 184 valence electrons. The van der Waals surface area contributed by atoms with Crippen molar-refractivity contribution in [3.05, 3.63) is 54.1 Å². The van der Waals surface area contributed by atoms with E-state index >= 15 is 0 Å². The predicted octanol–water partition coefficient (Wildman–Crippen LogP) is 4.22. The first kappa shape index (κ1) is 24.5. The summed E-state index contributed by atoms with van der Waals surface area (Å²) in [6.07, 6.45) is 2.94. The van der Waals surface area contributed by atoms with E-state index in [9.17, 15) is 13.2 Å². The Hall–Kier alpha value is -2.58. The number of hydrogen-bond acceptors (Lipinski definition) is 5. The van der Waals surface area contributed by atoms with Gasteiger partial charge in [0.2, 0.25) is 10.0 Å². The van der Waals surface area contributed by atoms with Gasteiger partial charge in [0.05, 0.1) is 19.4 Å². The highest BCUT2D eigenvalue weighted by molar-refractivity contribution is 7.88. The van der Waals surface area contributed by atoms with Crippen molar-refractivity contribution in [1.82, 2.24) is 9.62 Å². The molecule has 2 aromatic rings. The second-order valence-electron chi connectivity index (χ2n) is 10.5. The second-order valence-corrected chi connectivity index (χ2v) is 12.3. The quantitative estimate of drug-likeness (QED) is 0.661. The highest BCUT2D eigenvalue weighted by Crippen LogP contribution is 2.56. The van der Waals surface area contributed by atoms with Crippen LogP contribution in [0.3, 0.4) is 0 Å². The molecule has 2 fully saturated rings. The molecule has 1 heterocycles. The molecule has 2 aromatic carbocycles. The summed E-state index contributed by atoms with van der Waals surface area (Å²) in [5, 5.41) is 0. The number of benzene rings is 2. The van der Waals surface area contributed by atoms with E-state index in [0.29, 0.717) is 13.0 Å². The number of hydrogen-bond donors (Lipinski definition) is 1. The van der Waals surface area contributed by atoms with E-state index in [1.54, 1.807) is 12.0 Å². The standard InChI is InChI=1S/C26H34N2O5S/c1-25(2,3)33-24(29)28-17-26(14-15-26)23(27-34(5,30)31)21(28)16-19-12-9-13-20(22(19)32-4)18-10-7-6-8-11-18/h6-13,21,23,27H,14-17H2,1-5H3. The first-order valence-electron chi connectivity index (χ1n) is 11.6. The minimum Gasteiger partial charge on any atom is -0.496 e. The van der Waals surface area contributed by atoms with Gasteiger partial charge < -0.3 is 14.4 Å². The Labute approximate surface area is 202 Å². The number of ether oxygens (including phenoxy) is 2. The van der Waals surface area contributed by atoms with Crippen LogP contribution in [0.25, 0.3) is 11.1 Å². The summed E-state index contributed by atoms with van der Waals surface area (Å²) in [6, 6.07) is 15.1. The first-order chi connectivity index (χ1) is 15.9. The molecule has 1 N–H and O–H groups in total. The number of sulfonamides is 1. The molecule has 0 bridgehead atoms. The van der Waals surface area contributed by atoms with Crippen molar-refractivity contribution in [3.8, 4) is 16.9 Å². The maximum atomic E-state index is 13.2. The minimum absolute atomic E-state index is 0.255. The molecule has 34 heavy (non-hydrogen) atoms. The second kappa shape index (κ2) is 8.89. The summed E-state index contributed by atoms with van der Waals surface area (Å²) in [7, 11) is -1.84. The van der Waals surface area contributed by atoms with E-state index in [0.717, 1.165) is 35.3 Å². The number of nitrogens with zero attached hydrogens (tertiary/aromatic N) is 1. The highest BCUT2D eigenvalue weighted by atomic mass is 32.2. The molecule has 8 heteroatoms. The van der Waals surface area contributed by atoms with E-state index in [2.05, 4.69) is 4.72 Å². The van der Waals surface area contributed by atoms with Gasteiger partial charge in [-0.15, -0.1) is 0 Å². The lowest BCUT2D eigenvalue weighted by atomic mass is 9.91. The van der Waals surface area contributed by atoms with Gasteiger partial charge in [-0.1, -0.05) is 48.5 Å². The van der Waals surface area contributed by atoms with Gasteiger partial charge >= 0.3 is 6.09 Å². The van der Waals surface area contributed by atoms with Crippen LogP contribution in [0.1, 0.15) is 39.2 Å². The van der Waals surface area contributed by atoms with Gasteiger partial charge in [-0.2, -0.15) is 0 Å². The minimum atomic E-state index is -3.47. The molecule has 1 spiro atoms. The van der Waals surface area contributed by atoms with Gasteiger partial charge in [0.25, 0.3) is 0 Å². The van der Waals surface area contributed by atoms with Crippen molar-refractivity contribution < 1.29 is 22.7 Å². The average molecular weight is 487 g/mol. The van der Waals surface area contributed by atoms with E-state index in [-0.39, 0.29) is 11.5 Å². The fourth-order valence-electron chi connectivity index (χ4n) is 5.01. The molecular formula is C26H34N2O5S. The highest BCUT2D eigenvalue weighted by Gasteiger charge is 2.61. The van der Waals surface area contributed by atoms with Crippen molar-refractivity contribution in [1.29, 1.82) is 0 Å². The van der Waals surface area contributed by atoms with E-state index in [1.807, 2.05) is 69.3 Å². The Bertz CT molecular complexity index is 1150. The summed E-state index contributed by atoms with van der Waals surface area (Å²) >= 11 is 0. The summed E-state index contributed by atoms with van der Waals surface area (Å²) in [5.41, 5.74) is 2.00. The van der Waals surface area contributed by atoms with Gasteiger partial charge in [-0.25, -0.2) is 17.9 Å². The SMILES string of the molecule is COc1c(CC2C(NS(C)(=O)=O)C3(CC3)CN2C(=O)OC(C)(C)C)cccc1-c1ccccc1. The van der Waals surface area contributed by atoms with Crippen molar-refractivity contribution in [2.45, 2.75) is 57.7 Å². The maximum Gasteiger partial charge on any atom is 0.410 e. The molecule has 4 rings (SSSR count). The Morgan fingerprint density at radius 3 is 2.35 bits per heavy atom. The molecule has 2 aliphatic rings. The molecule has 1 saturated carbocycles. The van der Waals surface area contributed by atoms with Crippen molar-refractivity contribution in [2.75, 3.05) is 19.9 Å². The molecular weight excluding hydrogens is 452 g/mol. The van der Waals surface area contributed by atoms with Crippen LogP contribution in [0.4, 0.5) is 4.79 Å². The van der Waals surface area contributed by atoms with Crippen LogP contribution < -0.4 is 9.46 Å². The Kier molecular flexibility index (Phi) is 6.42. The van der Waals surface area contributed by atoms with Crippen LogP contribution in [0.15, 0.2) is 48.5 Å². The zero-order valence-corrected chi connectivity index (χ0v) is 21.3. The van der Waals surface area contributed by atoms with Crippen LogP contribution in [-0.2, 0) is 21.2 Å².